The van der Waals surface area contributed by atoms with Crippen LogP contribution in [0.1, 0.15) is 128 Å². The fourth-order valence-electron chi connectivity index (χ4n) is 9.91. The second-order valence-electron chi connectivity index (χ2n) is 17.9. The summed E-state index contributed by atoms with van der Waals surface area (Å²) in [4.78, 5) is 0. The molecule has 8 rings (SSSR count). The third-order valence-electron chi connectivity index (χ3n) is 13.4. The first-order chi connectivity index (χ1) is 24.8. The van der Waals surface area contributed by atoms with Crippen molar-refractivity contribution in [3.05, 3.63) is 143 Å². The number of hydrogen-bond donors (Lipinski definition) is 0. The molecule has 0 atom stereocenters. The van der Waals surface area contributed by atoms with Crippen molar-refractivity contribution in [2.24, 2.45) is 0 Å². The van der Waals surface area contributed by atoms with E-state index >= 15 is 0 Å². The number of rotatable bonds is 6. The standard InChI is InChI=1S/C52H56/c1-11-51(12-2)45-29-36(33-15-16-35-28-39(49(5,6)7)21-17-34(35)27-33)18-23-41(45)42-24-19-37(30-46(42)51)38-20-25-43-44-26-22-40(50(8,9)10)32-48(44)52(13-3,14-4)47(43)31-38/h15-32H,11-14H2,1-10H3. The van der Waals surface area contributed by atoms with E-state index in [4.69, 9.17) is 0 Å². The average Bonchev–Trinajstić information content (AvgIpc) is 3.59. The van der Waals surface area contributed by atoms with Gasteiger partial charge in [-0.05, 0) is 149 Å². The minimum absolute atomic E-state index is 0.0118. The largest absolute Gasteiger partial charge is 0.0642 e. The van der Waals surface area contributed by atoms with Crippen LogP contribution in [0.4, 0.5) is 0 Å². The highest BCUT2D eigenvalue weighted by Gasteiger charge is 2.43. The Hall–Kier alpha value is -4.42. The lowest BCUT2D eigenvalue weighted by atomic mass is 9.72. The molecule has 0 radical (unpaired) electrons. The molecule has 52 heavy (non-hydrogen) atoms. The monoisotopic (exact) mass is 680 g/mol. The summed E-state index contributed by atoms with van der Waals surface area (Å²) in [5.74, 6) is 0. The Balaban J connectivity index is 1.20. The normalized spacial score (nSPS) is 15.3. The van der Waals surface area contributed by atoms with Crippen LogP contribution in [0.2, 0.25) is 0 Å². The van der Waals surface area contributed by atoms with E-state index in [-0.39, 0.29) is 21.7 Å². The van der Waals surface area contributed by atoms with Gasteiger partial charge in [0.15, 0.2) is 0 Å². The molecule has 0 bridgehead atoms. The molecule has 6 aromatic carbocycles. The van der Waals surface area contributed by atoms with Crippen LogP contribution in [0, 0.1) is 0 Å². The van der Waals surface area contributed by atoms with Crippen molar-refractivity contribution in [3.8, 4) is 44.5 Å². The molecular weight excluding hydrogens is 625 g/mol. The highest BCUT2D eigenvalue weighted by molar-refractivity contribution is 5.91. The molecule has 0 amide bonds. The van der Waals surface area contributed by atoms with Crippen molar-refractivity contribution in [2.45, 2.75) is 117 Å². The minimum atomic E-state index is -0.0118. The first-order valence-corrected chi connectivity index (χ1v) is 19.9. The lowest BCUT2D eigenvalue weighted by molar-refractivity contribution is 0.488. The van der Waals surface area contributed by atoms with Gasteiger partial charge in [0.1, 0.15) is 0 Å². The lowest BCUT2D eigenvalue weighted by Crippen LogP contribution is -2.24. The highest BCUT2D eigenvalue weighted by Crippen LogP contribution is 2.56. The molecule has 0 heterocycles. The Kier molecular flexibility index (Phi) is 8.04. The zero-order chi connectivity index (χ0) is 36.8. The Morgan fingerprint density at radius 1 is 0.346 bits per heavy atom. The summed E-state index contributed by atoms with van der Waals surface area (Å²) in [6.45, 7) is 23.4. The van der Waals surface area contributed by atoms with Crippen molar-refractivity contribution in [1.82, 2.24) is 0 Å². The number of fused-ring (bicyclic) bond motifs is 7. The summed E-state index contributed by atoms with van der Waals surface area (Å²) in [5, 5.41) is 2.62. The molecule has 0 fully saturated rings. The predicted molar refractivity (Wildman–Crippen MR) is 226 cm³/mol. The first kappa shape index (κ1) is 34.7. The predicted octanol–water partition coefficient (Wildman–Crippen LogP) is 14.9. The molecule has 264 valence electrons. The van der Waals surface area contributed by atoms with Crippen molar-refractivity contribution in [1.29, 1.82) is 0 Å². The molecule has 0 heteroatoms. The maximum Gasteiger partial charge on any atom is 0.0210 e. The van der Waals surface area contributed by atoms with Gasteiger partial charge in [-0.3, -0.25) is 0 Å². The summed E-state index contributed by atoms with van der Waals surface area (Å²) < 4.78 is 0. The van der Waals surface area contributed by atoms with Crippen molar-refractivity contribution in [2.75, 3.05) is 0 Å². The fraction of sp³-hybridized carbons (Fsp3) is 0.346. The van der Waals surface area contributed by atoms with Crippen molar-refractivity contribution in [3.63, 3.8) is 0 Å². The van der Waals surface area contributed by atoms with Gasteiger partial charge in [-0.2, -0.15) is 0 Å². The van der Waals surface area contributed by atoms with Crippen LogP contribution in [-0.4, -0.2) is 0 Å². The summed E-state index contributed by atoms with van der Waals surface area (Å²) in [6.07, 6.45) is 4.36. The summed E-state index contributed by atoms with van der Waals surface area (Å²) in [5.41, 5.74) is 20.0. The van der Waals surface area contributed by atoms with E-state index in [1.54, 1.807) is 0 Å². The van der Waals surface area contributed by atoms with E-state index < -0.39 is 0 Å². The van der Waals surface area contributed by atoms with E-state index in [1.807, 2.05) is 0 Å². The Labute approximate surface area is 313 Å². The molecule has 0 spiro atoms. The minimum Gasteiger partial charge on any atom is -0.0642 e. The van der Waals surface area contributed by atoms with Crippen LogP contribution in [0.3, 0.4) is 0 Å². The van der Waals surface area contributed by atoms with Gasteiger partial charge in [0.2, 0.25) is 0 Å². The molecule has 0 saturated heterocycles. The van der Waals surface area contributed by atoms with Crippen LogP contribution in [-0.2, 0) is 21.7 Å². The maximum atomic E-state index is 2.55. The number of hydrogen-bond acceptors (Lipinski definition) is 0. The van der Waals surface area contributed by atoms with Crippen LogP contribution in [0.15, 0.2) is 109 Å². The molecule has 6 aromatic rings. The van der Waals surface area contributed by atoms with Gasteiger partial charge in [0, 0.05) is 10.8 Å². The molecule has 0 unspecified atom stereocenters. The van der Waals surface area contributed by atoms with Gasteiger partial charge in [-0.15, -0.1) is 0 Å². The summed E-state index contributed by atoms with van der Waals surface area (Å²) >= 11 is 0. The molecule has 0 aromatic heterocycles. The zero-order valence-electron chi connectivity index (χ0n) is 33.2. The van der Waals surface area contributed by atoms with E-state index in [2.05, 4.69) is 178 Å². The van der Waals surface area contributed by atoms with Crippen LogP contribution in [0.5, 0.6) is 0 Å². The molecule has 2 aliphatic rings. The van der Waals surface area contributed by atoms with Crippen molar-refractivity contribution >= 4 is 10.8 Å². The van der Waals surface area contributed by atoms with Crippen molar-refractivity contribution < 1.29 is 0 Å². The van der Waals surface area contributed by atoms with Crippen LogP contribution < -0.4 is 0 Å². The quantitative estimate of drug-likeness (QED) is 0.164. The molecule has 0 nitrogen and oxygen atoms in total. The van der Waals surface area contributed by atoms with E-state index in [1.165, 1.54) is 88.7 Å². The van der Waals surface area contributed by atoms with E-state index in [9.17, 15) is 0 Å². The Morgan fingerprint density at radius 3 is 1.08 bits per heavy atom. The SMILES string of the molecule is CCC1(CC)c2cc(-c3ccc4c(c3)C(CC)(CC)c3cc(C(C)(C)C)ccc3-4)ccc2-c2ccc(-c3ccc4cc(C(C)(C)C)ccc4c3)cc21. The number of benzene rings is 6. The molecule has 0 saturated carbocycles. The van der Waals surface area contributed by atoms with E-state index in [0.717, 1.165) is 25.7 Å². The van der Waals surface area contributed by atoms with Gasteiger partial charge in [-0.25, -0.2) is 0 Å². The maximum absolute atomic E-state index is 2.55. The molecule has 0 N–H and O–H groups in total. The highest BCUT2D eigenvalue weighted by atomic mass is 14.5. The second-order valence-corrected chi connectivity index (χ2v) is 17.9. The summed E-state index contributed by atoms with van der Waals surface area (Å²) in [7, 11) is 0. The fourth-order valence-corrected chi connectivity index (χ4v) is 9.91. The van der Waals surface area contributed by atoms with Gasteiger partial charge >= 0.3 is 0 Å². The first-order valence-electron chi connectivity index (χ1n) is 19.9. The van der Waals surface area contributed by atoms with Gasteiger partial charge < -0.3 is 0 Å². The molecular formula is C52H56. The van der Waals surface area contributed by atoms with Crippen LogP contribution in [0.25, 0.3) is 55.3 Å². The smallest absolute Gasteiger partial charge is 0.0210 e. The molecule has 2 aliphatic carbocycles. The molecule has 0 aliphatic heterocycles. The average molecular weight is 681 g/mol. The zero-order valence-corrected chi connectivity index (χ0v) is 33.2. The Bertz CT molecular complexity index is 2360. The van der Waals surface area contributed by atoms with E-state index in [0.29, 0.717) is 0 Å². The third kappa shape index (κ3) is 5.08. The Morgan fingerprint density at radius 2 is 0.654 bits per heavy atom. The van der Waals surface area contributed by atoms with Gasteiger partial charge in [-0.1, -0.05) is 154 Å². The topological polar surface area (TPSA) is 0 Å². The lowest BCUT2D eigenvalue weighted by Gasteiger charge is -2.31. The third-order valence-corrected chi connectivity index (χ3v) is 13.4. The second kappa shape index (κ2) is 12.1. The van der Waals surface area contributed by atoms with Gasteiger partial charge in [0.25, 0.3) is 0 Å². The summed E-state index contributed by atoms with van der Waals surface area (Å²) in [6, 6.07) is 43.2. The van der Waals surface area contributed by atoms with Crippen LogP contribution >= 0.6 is 0 Å². The van der Waals surface area contributed by atoms with Gasteiger partial charge in [0.05, 0.1) is 0 Å².